The van der Waals surface area contributed by atoms with Crippen molar-refractivity contribution in [3.8, 4) is 0 Å². The lowest BCUT2D eigenvalue weighted by atomic mass is 10.0. The SMILES string of the molecule is [2H]c1c(N([2H])C(=O)N(C)C)ccc(C([2H])(C)C([2H])[2H])c1[2H]. The predicted octanol–water partition coefficient (Wildman–Crippen LogP) is 2.90. The molecule has 1 rings (SSSR count). The molecule has 3 heteroatoms. The molecule has 0 saturated heterocycles. The van der Waals surface area contributed by atoms with Crippen LogP contribution in [-0.2, 0) is 0 Å². The molecule has 2 amide bonds. The number of amides is 2. The van der Waals surface area contributed by atoms with Crippen molar-refractivity contribution in [3.05, 3.63) is 29.8 Å². The molecule has 0 bridgehead atoms. The highest BCUT2D eigenvalue weighted by molar-refractivity contribution is 5.88. The average molecular weight is 212 g/mol. The van der Waals surface area contributed by atoms with Gasteiger partial charge in [0.15, 0.2) is 1.41 Å². The molecular formula is C12H18N2O. The van der Waals surface area contributed by atoms with Gasteiger partial charge in [0, 0.05) is 23.9 Å². The Kier molecular flexibility index (Phi) is 1.78. The van der Waals surface area contributed by atoms with Crippen molar-refractivity contribution in [1.82, 2.24) is 4.90 Å². The molecule has 1 aromatic rings. The first-order valence-electron chi connectivity index (χ1n) is 7.57. The molecule has 0 saturated carbocycles. The number of nitrogens with zero attached hydrogens (tertiary/aromatic N) is 1. The molecule has 0 radical (unpaired) electrons. The predicted molar refractivity (Wildman–Crippen MR) is 63.2 cm³/mol. The van der Waals surface area contributed by atoms with Crippen molar-refractivity contribution in [2.45, 2.75) is 19.7 Å². The summed E-state index contributed by atoms with van der Waals surface area (Å²) in [6.45, 7) is -0.199. The Morgan fingerprint density at radius 3 is 3.00 bits per heavy atom. The third-order valence-electron chi connectivity index (χ3n) is 1.76. The number of hydrogen-bond acceptors (Lipinski definition) is 1. The van der Waals surface area contributed by atoms with Gasteiger partial charge in [0.25, 0.3) is 0 Å². The van der Waals surface area contributed by atoms with E-state index in [0.29, 0.717) is 5.31 Å². The van der Waals surface area contributed by atoms with Crippen LogP contribution in [-0.4, -0.2) is 25.0 Å². The van der Waals surface area contributed by atoms with Gasteiger partial charge in [0.05, 0.1) is 2.74 Å². The minimum absolute atomic E-state index is 0.0527. The zero-order chi connectivity index (χ0) is 16.5. The van der Waals surface area contributed by atoms with Gasteiger partial charge in [-0.05, 0) is 23.6 Å². The highest BCUT2D eigenvalue weighted by Crippen LogP contribution is 2.17. The van der Waals surface area contributed by atoms with E-state index in [-0.39, 0.29) is 23.3 Å². The number of hydrogen-bond donors (Lipinski definition) is 1. The lowest BCUT2D eigenvalue weighted by molar-refractivity contribution is 0.230. The number of benzene rings is 1. The van der Waals surface area contributed by atoms with Crippen molar-refractivity contribution in [3.63, 3.8) is 0 Å². The number of anilines is 1. The normalized spacial score (nSPS) is 20.0. The van der Waals surface area contributed by atoms with Crippen LogP contribution < -0.4 is 5.31 Å². The van der Waals surface area contributed by atoms with Crippen LogP contribution in [0.1, 0.15) is 32.1 Å². The third kappa shape index (κ3) is 3.27. The summed E-state index contributed by atoms with van der Waals surface area (Å²) in [5.74, 6) is -1.66. The van der Waals surface area contributed by atoms with Crippen LogP contribution in [0.5, 0.6) is 0 Å². The number of nitrogens with one attached hydrogen (secondary N) is 1. The van der Waals surface area contributed by atoms with E-state index in [9.17, 15) is 4.79 Å². The van der Waals surface area contributed by atoms with Gasteiger partial charge in [-0.1, -0.05) is 25.9 Å². The van der Waals surface area contributed by atoms with Gasteiger partial charge in [0.2, 0.25) is 0 Å². The highest BCUT2D eigenvalue weighted by Gasteiger charge is 2.04. The van der Waals surface area contributed by atoms with Gasteiger partial charge < -0.3 is 10.2 Å². The first kappa shape index (κ1) is 5.54. The Bertz CT molecular complexity index is 547. The highest BCUT2D eigenvalue weighted by atomic mass is 16.2. The summed E-state index contributed by atoms with van der Waals surface area (Å²) in [4.78, 5) is 12.9. The van der Waals surface area contributed by atoms with Crippen molar-refractivity contribution in [2.24, 2.45) is 0 Å². The van der Waals surface area contributed by atoms with Gasteiger partial charge in [-0.3, -0.25) is 0 Å². The van der Waals surface area contributed by atoms with E-state index in [0.717, 1.165) is 0 Å². The molecule has 1 atom stereocenters. The van der Waals surface area contributed by atoms with E-state index in [1.54, 1.807) is 0 Å². The maximum atomic E-state index is 11.7. The van der Waals surface area contributed by atoms with E-state index in [2.05, 4.69) is 0 Å². The molecule has 0 aromatic heterocycles. The van der Waals surface area contributed by atoms with Crippen LogP contribution in [0.15, 0.2) is 24.2 Å². The molecule has 0 aliphatic rings. The minimum Gasteiger partial charge on any atom is -0.331 e. The summed E-state index contributed by atoms with van der Waals surface area (Å²) < 4.78 is 46.3. The summed E-state index contributed by atoms with van der Waals surface area (Å²) in [7, 11) is 2.93. The molecule has 0 aliphatic heterocycles. The van der Waals surface area contributed by atoms with Crippen LogP contribution in [0.25, 0.3) is 0 Å². The van der Waals surface area contributed by atoms with Crippen molar-refractivity contribution in [1.29, 1.82) is 0 Å². The van der Waals surface area contributed by atoms with Gasteiger partial charge in [-0.2, -0.15) is 0 Å². The van der Waals surface area contributed by atoms with Crippen LogP contribution in [0.2, 0.25) is 1.41 Å². The fourth-order valence-corrected chi connectivity index (χ4v) is 0.875. The van der Waals surface area contributed by atoms with Crippen LogP contribution in [0.3, 0.4) is 0 Å². The standard InChI is InChI=1S/C12H18N2O/c1-9(2)10-5-7-11(8-6-10)13-12(15)14(3)4/h5-9H,1-4H3,(H,13,15)/i1D2,5D,7D,9D/hD. The van der Waals surface area contributed by atoms with Crippen molar-refractivity contribution in [2.75, 3.05) is 19.4 Å². The second kappa shape index (κ2) is 4.82. The molecule has 1 N–H and O–H groups in total. The summed E-state index contributed by atoms with van der Waals surface area (Å²) >= 11 is 0. The fourth-order valence-electron chi connectivity index (χ4n) is 0.875. The zero-order valence-corrected chi connectivity index (χ0v) is 9.03. The van der Waals surface area contributed by atoms with Gasteiger partial charge in [-0.15, -0.1) is 0 Å². The molecule has 0 aliphatic carbocycles. The average Bonchev–Trinajstić information content (AvgIpc) is 2.39. The summed E-state index contributed by atoms with van der Waals surface area (Å²) in [5.41, 5.74) is -0.0262. The summed E-state index contributed by atoms with van der Waals surface area (Å²) in [6.07, 6.45) is 0. The molecular weight excluding hydrogens is 188 g/mol. The topological polar surface area (TPSA) is 32.3 Å². The Morgan fingerprint density at radius 2 is 2.40 bits per heavy atom. The maximum Gasteiger partial charge on any atom is 0.321 e. The van der Waals surface area contributed by atoms with E-state index in [1.165, 1.54) is 38.1 Å². The first-order valence-corrected chi connectivity index (χ1v) is 4.47. The molecule has 0 fully saturated rings. The zero-order valence-electron chi connectivity index (χ0n) is 15.0. The van der Waals surface area contributed by atoms with Crippen LogP contribution >= 0.6 is 0 Å². The first-order chi connectivity index (χ1) is 9.51. The van der Waals surface area contributed by atoms with Crippen LogP contribution in [0, 0.1) is 0 Å². The Morgan fingerprint density at radius 1 is 1.67 bits per heavy atom. The van der Waals surface area contributed by atoms with Gasteiger partial charge in [-0.25, -0.2) is 4.79 Å². The molecule has 0 heterocycles. The lowest BCUT2D eigenvalue weighted by Crippen LogP contribution is -2.27. The molecule has 15 heavy (non-hydrogen) atoms. The fraction of sp³-hybridized carbons (Fsp3) is 0.417. The molecule has 0 spiro atoms. The lowest BCUT2D eigenvalue weighted by Gasteiger charge is -2.12. The number of urea groups is 1. The third-order valence-corrected chi connectivity index (χ3v) is 1.76. The van der Waals surface area contributed by atoms with Crippen molar-refractivity contribution < 1.29 is 13.1 Å². The summed E-state index contributed by atoms with van der Waals surface area (Å²) in [6, 6.07) is 1.22. The van der Waals surface area contributed by atoms with Gasteiger partial charge in [0.1, 0.15) is 0 Å². The second-order valence-corrected chi connectivity index (χ2v) is 3.35. The van der Waals surface area contributed by atoms with Crippen LogP contribution in [0.4, 0.5) is 10.5 Å². The quantitative estimate of drug-likeness (QED) is 0.803. The van der Waals surface area contributed by atoms with Crippen molar-refractivity contribution >= 4 is 11.7 Å². The Hall–Kier alpha value is -1.51. The number of carbonyl (C=O) groups excluding carboxylic acids is 1. The largest absolute Gasteiger partial charge is 0.331 e. The number of carbonyl (C=O) groups is 1. The molecule has 3 nitrogen and oxygen atoms in total. The van der Waals surface area contributed by atoms with Gasteiger partial charge >= 0.3 is 6.03 Å². The number of rotatable bonds is 2. The maximum absolute atomic E-state index is 11.7. The van der Waals surface area contributed by atoms with E-state index in [4.69, 9.17) is 8.27 Å². The molecule has 1 unspecified atom stereocenters. The minimum atomic E-state index is -1.66. The molecule has 82 valence electrons. The van der Waals surface area contributed by atoms with E-state index < -0.39 is 18.8 Å². The molecule has 1 aromatic carbocycles. The smallest absolute Gasteiger partial charge is 0.321 e. The summed E-state index contributed by atoms with van der Waals surface area (Å²) in [5, 5.41) is 0.504. The second-order valence-electron chi connectivity index (χ2n) is 3.35. The van der Waals surface area contributed by atoms with E-state index in [1.807, 2.05) is 0 Å². The monoisotopic (exact) mass is 212 g/mol. The Labute approximate surface area is 99.6 Å². The van der Waals surface area contributed by atoms with E-state index >= 15 is 0 Å². The Balaban J connectivity index is 3.33.